The lowest BCUT2D eigenvalue weighted by Crippen LogP contribution is -2.47. The summed E-state index contributed by atoms with van der Waals surface area (Å²) < 4.78 is 39.2. The van der Waals surface area contributed by atoms with Crippen LogP contribution in [-0.4, -0.2) is 41.1 Å². The summed E-state index contributed by atoms with van der Waals surface area (Å²) in [7, 11) is 0. The number of carbonyl (C=O) groups is 2. The van der Waals surface area contributed by atoms with Gasteiger partial charge in [0.05, 0.1) is 0 Å². The van der Waals surface area contributed by atoms with Gasteiger partial charge in [-0.2, -0.15) is 13.2 Å². The highest BCUT2D eigenvalue weighted by Crippen LogP contribution is 2.45. The first-order valence-corrected chi connectivity index (χ1v) is 8.34. The van der Waals surface area contributed by atoms with Gasteiger partial charge < -0.3 is 10.0 Å². The van der Waals surface area contributed by atoms with Gasteiger partial charge in [-0.15, -0.1) is 0 Å². The van der Waals surface area contributed by atoms with Gasteiger partial charge in [0.2, 0.25) is 5.91 Å². The number of rotatable bonds is 5. The van der Waals surface area contributed by atoms with Crippen LogP contribution in [0.5, 0.6) is 0 Å². The molecular weight excluding hydrogens is 311 g/mol. The molecule has 4 nitrogen and oxygen atoms in total. The minimum Gasteiger partial charge on any atom is -0.481 e. The van der Waals surface area contributed by atoms with Gasteiger partial charge >= 0.3 is 12.1 Å². The van der Waals surface area contributed by atoms with Crippen LogP contribution < -0.4 is 0 Å². The number of alkyl halides is 3. The number of amides is 1. The van der Waals surface area contributed by atoms with E-state index in [1.807, 2.05) is 0 Å². The molecule has 2 rings (SSSR count). The van der Waals surface area contributed by atoms with Gasteiger partial charge in [0.1, 0.15) is 0 Å². The summed E-state index contributed by atoms with van der Waals surface area (Å²) in [6.07, 6.45) is 2.48. The molecular formula is C16H24F3NO3. The molecule has 1 aliphatic heterocycles. The Labute approximate surface area is 134 Å². The van der Waals surface area contributed by atoms with E-state index >= 15 is 0 Å². The third-order valence-corrected chi connectivity index (χ3v) is 5.30. The predicted molar refractivity (Wildman–Crippen MR) is 77.7 cm³/mol. The zero-order valence-electron chi connectivity index (χ0n) is 13.2. The maximum atomic E-state index is 13.1. The molecule has 0 spiro atoms. The highest BCUT2D eigenvalue weighted by molar-refractivity contribution is 5.81. The van der Waals surface area contributed by atoms with E-state index in [2.05, 4.69) is 0 Å². The Morgan fingerprint density at radius 2 is 1.83 bits per heavy atom. The largest absolute Gasteiger partial charge is 0.481 e. The van der Waals surface area contributed by atoms with E-state index in [0.29, 0.717) is 12.3 Å². The van der Waals surface area contributed by atoms with Crippen molar-refractivity contribution in [1.29, 1.82) is 0 Å². The third kappa shape index (κ3) is 3.98. The Bertz CT molecular complexity index is 446. The summed E-state index contributed by atoms with van der Waals surface area (Å²) in [6, 6.07) is 0. The normalized spacial score (nSPS) is 26.5. The van der Waals surface area contributed by atoms with Crippen molar-refractivity contribution in [2.24, 2.45) is 11.3 Å². The van der Waals surface area contributed by atoms with Crippen LogP contribution in [0.2, 0.25) is 0 Å². The minimum atomic E-state index is -4.84. The van der Waals surface area contributed by atoms with Gasteiger partial charge in [0.25, 0.3) is 0 Å². The van der Waals surface area contributed by atoms with Crippen molar-refractivity contribution >= 4 is 11.9 Å². The topological polar surface area (TPSA) is 57.6 Å². The van der Waals surface area contributed by atoms with Crippen molar-refractivity contribution in [2.75, 3.05) is 13.1 Å². The molecule has 1 N–H and O–H groups in total. The van der Waals surface area contributed by atoms with Gasteiger partial charge in [0, 0.05) is 19.5 Å². The summed E-state index contributed by atoms with van der Waals surface area (Å²) in [5.74, 6) is -1.61. The zero-order valence-corrected chi connectivity index (χ0v) is 13.2. The van der Waals surface area contributed by atoms with Crippen molar-refractivity contribution in [1.82, 2.24) is 4.90 Å². The quantitative estimate of drug-likeness (QED) is 0.835. The molecule has 1 aliphatic carbocycles. The lowest BCUT2D eigenvalue weighted by molar-refractivity contribution is -0.227. The average Bonchev–Trinajstić information content (AvgIpc) is 2.94. The maximum absolute atomic E-state index is 13.1. The molecule has 7 heteroatoms. The number of carboxylic acid groups (broad SMARTS) is 1. The average molecular weight is 335 g/mol. The molecule has 1 saturated heterocycles. The molecule has 0 bridgehead atoms. The molecule has 1 amide bonds. The molecule has 1 saturated carbocycles. The van der Waals surface area contributed by atoms with E-state index in [4.69, 9.17) is 5.11 Å². The van der Waals surface area contributed by atoms with Gasteiger partial charge in [0.15, 0.2) is 5.41 Å². The molecule has 1 heterocycles. The second kappa shape index (κ2) is 7.09. The fourth-order valence-corrected chi connectivity index (χ4v) is 3.73. The number of hydrogen-bond acceptors (Lipinski definition) is 2. The molecule has 1 unspecified atom stereocenters. The molecule has 2 fully saturated rings. The van der Waals surface area contributed by atoms with Crippen LogP contribution in [0.3, 0.4) is 0 Å². The standard InChI is InChI=1S/C16H24F3NO3/c17-16(18,19)15(14(22)23)9-10-20(11-15)13(21)8-4-7-12-5-2-1-3-6-12/h12H,1-11H2,(H,22,23). The number of halogens is 3. The van der Waals surface area contributed by atoms with Crippen molar-refractivity contribution in [3.8, 4) is 0 Å². The van der Waals surface area contributed by atoms with Crippen LogP contribution in [0, 0.1) is 11.3 Å². The molecule has 1 atom stereocenters. The maximum Gasteiger partial charge on any atom is 0.406 e. The summed E-state index contributed by atoms with van der Waals surface area (Å²) in [5.41, 5.74) is -2.80. The van der Waals surface area contributed by atoms with Crippen molar-refractivity contribution in [2.45, 2.75) is 64.0 Å². The van der Waals surface area contributed by atoms with Crippen LogP contribution in [-0.2, 0) is 9.59 Å². The van der Waals surface area contributed by atoms with Gasteiger partial charge in [-0.25, -0.2) is 0 Å². The highest BCUT2D eigenvalue weighted by atomic mass is 19.4. The molecule has 132 valence electrons. The Morgan fingerprint density at radius 1 is 1.17 bits per heavy atom. The van der Waals surface area contributed by atoms with E-state index in [1.165, 1.54) is 32.1 Å². The van der Waals surface area contributed by atoms with Gasteiger partial charge in [-0.1, -0.05) is 32.1 Å². The Kier molecular flexibility index (Phi) is 5.57. The lowest BCUT2D eigenvalue weighted by Gasteiger charge is -2.27. The summed E-state index contributed by atoms with van der Waals surface area (Å²) in [5, 5.41) is 8.99. The number of nitrogens with zero attached hydrogens (tertiary/aromatic N) is 1. The van der Waals surface area contributed by atoms with E-state index in [-0.39, 0.29) is 18.9 Å². The van der Waals surface area contributed by atoms with E-state index in [0.717, 1.165) is 11.3 Å². The molecule has 0 aromatic carbocycles. The molecule has 2 aliphatic rings. The van der Waals surface area contributed by atoms with E-state index < -0.39 is 30.5 Å². The molecule has 0 aromatic heterocycles. The second-order valence-electron chi connectivity index (χ2n) is 6.85. The molecule has 0 aromatic rings. The summed E-state index contributed by atoms with van der Waals surface area (Å²) in [6.45, 7) is -0.887. The first kappa shape index (κ1) is 18.1. The van der Waals surface area contributed by atoms with E-state index in [9.17, 15) is 22.8 Å². The van der Waals surface area contributed by atoms with Crippen LogP contribution >= 0.6 is 0 Å². The Hall–Kier alpha value is -1.27. The predicted octanol–water partition coefficient (Wildman–Crippen LogP) is 3.60. The van der Waals surface area contributed by atoms with Crippen LogP contribution in [0.15, 0.2) is 0 Å². The molecule has 0 radical (unpaired) electrons. The SMILES string of the molecule is O=C(CCCC1CCCCC1)N1CCC(C(=O)O)(C(F)(F)F)C1. The van der Waals surface area contributed by atoms with E-state index in [1.54, 1.807) is 0 Å². The second-order valence-corrected chi connectivity index (χ2v) is 6.85. The Morgan fingerprint density at radius 3 is 2.35 bits per heavy atom. The first-order valence-electron chi connectivity index (χ1n) is 8.34. The first-order chi connectivity index (χ1) is 10.8. The number of aliphatic carboxylic acids is 1. The number of carbonyl (C=O) groups excluding carboxylic acids is 1. The van der Waals surface area contributed by atoms with Crippen molar-refractivity contribution in [3.05, 3.63) is 0 Å². The third-order valence-electron chi connectivity index (χ3n) is 5.30. The summed E-state index contributed by atoms with van der Waals surface area (Å²) >= 11 is 0. The van der Waals surface area contributed by atoms with Crippen LogP contribution in [0.1, 0.15) is 57.8 Å². The fraction of sp³-hybridized carbons (Fsp3) is 0.875. The zero-order chi connectivity index (χ0) is 17.1. The highest BCUT2D eigenvalue weighted by Gasteiger charge is 2.64. The lowest BCUT2D eigenvalue weighted by atomic mass is 9.85. The fourth-order valence-electron chi connectivity index (χ4n) is 3.73. The van der Waals surface area contributed by atoms with Gasteiger partial charge in [-0.3, -0.25) is 9.59 Å². The van der Waals surface area contributed by atoms with Crippen molar-refractivity contribution < 1.29 is 27.9 Å². The Balaban J connectivity index is 1.83. The monoisotopic (exact) mass is 335 g/mol. The number of likely N-dealkylation sites (tertiary alicyclic amines) is 1. The smallest absolute Gasteiger partial charge is 0.406 e. The van der Waals surface area contributed by atoms with Crippen LogP contribution in [0.4, 0.5) is 13.2 Å². The number of hydrogen-bond donors (Lipinski definition) is 1. The van der Waals surface area contributed by atoms with Gasteiger partial charge in [-0.05, 0) is 25.2 Å². The number of carboxylic acids is 1. The van der Waals surface area contributed by atoms with Crippen molar-refractivity contribution in [3.63, 3.8) is 0 Å². The van der Waals surface area contributed by atoms with Crippen LogP contribution in [0.25, 0.3) is 0 Å². The molecule has 23 heavy (non-hydrogen) atoms. The summed E-state index contributed by atoms with van der Waals surface area (Å²) in [4.78, 5) is 24.3. The minimum absolute atomic E-state index is 0.131.